The summed E-state index contributed by atoms with van der Waals surface area (Å²) in [5, 5.41) is 2.43. The molecule has 0 aromatic heterocycles. The van der Waals surface area contributed by atoms with Crippen molar-refractivity contribution in [1.82, 2.24) is 9.62 Å². The van der Waals surface area contributed by atoms with Gasteiger partial charge in [-0.1, -0.05) is 6.92 Å². The number of rotatable bonds is 5. The molecule has 112 valence electrons. The predicted octanol–water partition coefficient (Wildman–Crippen LogP) is 0.411. The van der Waals surface area contributed by atoms with Crippen molar-refractivity contribution in [1.29, 1.82) is 0 Å². The highest BCUT2D eigenvalue weighted by molar-refractivity contribution is 7.89. The van der Waals surface area contributed by atoms with Crippen molar-refractivity contribution >= 4 is 21.6 Å². The van der Waals surface area contributed by atoms with Gasteiger partial charge in [-0.15, -0.1) is 0 Å². The van der Waals surface area contributed by atoms with Crippen LogP contribution in [0.2, 0.25) is 0 Å². The van der Waals surface area contributed by atoms with Crippen LogP contribution in [-0.4, -0.2) is 39.3 Å². The van der Waals surface area contributed by atoms with Crippen LogP contribution in [0.5, 0.6) is 0 Å². The van der Waals surface area contributed by atoms with Crippen molar-refractivity contribution in [2.75, 3.05) is 26.4 Å². The van der Waals surface area contributed by atoms with E-state index in [1.807, 2.05) is 0 Å². The molecule has 0 spiro atoms. The molecule has 20 heavy (non-hydrogen) atoms. The van der Waals surface area contributed by atoms with Gasteiger partial charge in [0.2, 0.25) is 15.9 Å². The Balaban J connectivity index is 3.04. The molecule has 0 aliphatic carbocycles. The Labute approximate surface area is 117 Å². The van der Waals surface area contributed by atoms with Crippen LogP contribution in [0.4, 0.5) is 10.1 Å². The minimum atomic E-state index is -4.03. The van der Waals surface area contributed by atoms with E-state index in [0.717, 1.165) is 16.4 Å². The summed E-state index contributed by atoms with van der Waals surface area (Å²) in [6.45, 7) is 1.52. The molecule has 0 saturated carbocycles. The van der Waals surface area contributed by atoms with Crippen molar-refractivity contribution in [3.05, 3.63) is 24.0 Å². The summed E-state index contributed by atoms with van der Waals surface area (Å²) >= 11 is 0. The van der Waals surface area contributed by atoms with Crippen LogP contribution in [0.3, 0.4) is 0 Å². The highest BCUT2D eigenvalue weighted by atomic mass is 32.2. The van der Waals surface area contributed by atoms with Gasteiger partial charge in [0, 0.05) is 32.2 Å². The van der Waals surface area contributed by atoms with E-state index in [4.69, 9.17) is 5.73 Å². The Hall–Kier alpha value is -1.67. The van der Waals surface area contributed by atoms with Gasteiger partial charge < -0.3 is 11.1 Å². The van der Waals surface area contributed by atoms with Gasteiger partial charge >= 0.3 is 0 Å². The van der Waals surface area contributed by atoms with Crippen LogP contribution in [0.1, 0.15) is 6.92 Å². The molecule has 1 amide bonds. The maximum Gasteiger partial charge on any atom is 0.245 e. The third-order valence-corrected chi connectivity index (χ3v) is 4.71. The van der Waals surface area contributed by atoms with Gasteiger partial charge in [-0.2, -0.15) is 0 Å². The zero-order chi connectivity index (χ0) is 15.5. The second-order valence-corrected chi connectivity index (χ2v) is 6.50. The van der Waals surface area contributed by atoms with E-state index in [2.05, 4.69) is 5.32 Å². The number of anilines is 1. The molecular weight excluding hydrogens is 285 g/mol. The Morgan fingerprint density at radius 1 is 1.50 bits per heavy atom. The number of carbonyl (C=O) groups is 1. The average Bonchev–Trinajstić information content (AvgIpc) is 2.40. The summed E-state index contributed by atoms with van der Waals surface area (Å²) in [4.78, 5) is 10.9. The first kappa shape index (κ1) is 16.4. The number of nitrogens with two attached hydrogens (primary N) is 1. The summed E-state index contributed by atoms with van der Waals surface area (Å²) in [6.07, 6.45) is 0. The molecule has 0 aliphatic heterocycles. The van der Waals surface area contributed by atoms with Gasteiger partial charge in [0.1, 0.15) is 10.7 Å². The fraction of sp³-hybridized carbons (Fsp3) is 0.417. The van der Waals surface area contributed by atoms with Crippen LogP contribution in [-0.2, 0) is 14.8 Å². The number of nitrogens with one attached hydrogen (secondary N) is 1. The number of nitrogens with zero attached hydrogens (tertiary/aromatic N) is 1. The van der Waals surface area contributed by atoms with E-state index in [0.29, 0.717) is 0 Å². The van der Waals surface area contributed by atoms with Gasteiger partial charge in [-0.05, 0) is 18.2 Å². The number of sulfonamides is 1. The van der Waals surface area contributed by atoms with Crippen molar-refractivity contribution in [3.8, 4) is 0 Å². The molecule has 6 nitrogen and oxygen atoms in total. The lowest BCUT2D eigenvalue weighted by Crippen LogP contribution is -2.37. The first-order valence-corrected chi connectivity index (χ1v) is 7.37. The standard InChI is InChI=1S/C12H18FN3O3S/c1-8(12(17)15-2)7-16(3)20(18,19)11-6-9(14)4-5-10(11)13/h4-6,8H,7,14H2,1-3H3,(H,15,17). The molecule has 8 heteroatoms. The van der Waals surface area contributed by atoms with E-state index in [1.54, 1.807) is 6.92 Å². The summed E-state index contributed by atoms with van der Waals surface area (Å²) in [6, 6.07) is 3.34. The smallest absolute Gasteiger partial charge is 0.245 e. The highest BCUT2D eigenvalue weighted by Crippen LogP contribution is 2.21. The van der Waals surface area contributed by atoms with Crippen LogP contribution < -0.4 is 11.1 Å². The van der Waals surface area contributed by atoms with Gasteiger partial charge in [-0.3, -0.25) is 4.79 Å². The lowest BCUT2D eigenvalue weighted by Gasteiger charge is -2.20. The molecule has 0 bridgehead atoms. The Morgan fingerprint density at radius 2 is 2.10 bits per heavy atom. The number of benzene rings is 1. The third kappa shape index (κ3) is 3.45. The zero-order valence-electron chi connectivity index (χ0n) is 11.6. The molecule has 1 aromatic carbocycles. The number of hydrogen-bond acceptors (Lipinski definition) is 4. The van der Waals surface area contributed by atoms with Gasteiger partial charge in [0.15, 0.2) is 0 Å². The maximum atomic E-state index is 13.6. The Morgan fingerprint density at radius 3 is 2.65 bits per heavy atom. The normalized spacial score (nSPS) is 13.2. The third-order valence-electron chi connectivity index (χ3n) is 2.87. The molecule has 0 fully saturated rings. The second kappa shape index (κ2) is 6.19. The minimum absolute atomic E-state index is 0.0593. The fourth-order valence-electron chi connectivity index (χ4n) is 1.70. The SMILES string of the molecule is CNC(=O)C(C)CN(C)S(=O)(=O)c1cc(N)ccc1F. The van der Waals surface area contributed by atoms with E-state index >= 15 is 0 Å². The monoisotopic (exact) mass is 303 g/mol. The van der Waals surface area contributed by atoms with Gasteiger partial charge in [-0.25, -0.2) is 17.1 Å². The van der Waals surface area contributed by atoms with E-state index in [-0.39, 0.29) is 18.1 Å². The largest absolute Gasteiger partial charge is 0.399 e. The Kier molecular flexibility index (Phi) is 5.07. The van der Waals surface area contributed by atoms with E-state index in [9.17, 15) is 17.6 Å². The van der Waals surface area contributed by atoms with Crippen molar-refractivity contribution < 1.29 is 17.6 Å². The quantitative estimate of drug-likeness (QED) is 0.771. The van der Waals surface area contributed by atoms with Crippen LogP contribution >= 0.6 is 0 Å². The lowest BCUT2D eigenvalue weighted by molar-refractivity contribution is -0.124. The topological polar surface area (TPSA) is 92.5 Å². The predicted molar refractivity (Wildman–Crippen MR) is 73.9 cm³/mol. The number of carbonyl (C=O) groups excluding carboxylic acids is 1. The van der Waals surface area contributed by atoms with Gasteiger partial charge in [0.05, 0.1) is 0 Å². The number of hydrogen-bond donors (Lipinski definition) is 2. The van der Waals surface area contributed by atoms with Gasteiger partial charge in [0.25, 0.3) is 0 Å². The second-order valence-electron chi connectivity index (χ2n) is 4.49. The highest BCUT2D eigenvalue weighted by Gasteiger charge is 2.27. The zero-order valence-corrected chi connectivity index (χ0v) is 12.4. The van der Waals surface area contributed by atoms with Crippen molar-refractivity contribution in [3.63, 3.8) is 0 Å². The summed E-state index contributed by atoms with van der Waals surface area (Å²) in [5.41, 5.74) is 5.63. The average molecular weight is 303 g/mol. The summed E-state index contributed by atoms with van der Waals surface area (Å²) in [7, 11) is -1.28. The molecule has 0 saturated heterocycles. The maximum absolute atomic E-state index is 13.6. The number of nitrogen functional groups attached to an aromatic ring is 1. The van der Waals surface area contributed by atoms with Crippen molar-refractivity contribution in [2.45, 2.75) is 11.8 Å². The van der Waals surface area contributed by atoms with E-state index < -0.39 is 26.7 Å². The fourth-order valence-corrected chi connectivity index (χ4v) is 3.05. The first-order chi connectivity index (χ1) is 9.20. The molecule has 1 aromatic rings. The molecular formula is C12H18FN3O3S. The molecule has 0 aliphatic rings. The molecule has 0 radical (unpaired) electrons. The van der Waals surface area contributed by atoms with Crippen molar-refractivity contribution in [2.24, 2.45) is 5.92 Å². The Bertz CT molecular complexity index is 604. The first-order valence-electron chi connectivity index (χ1n) is 5.93. The lowest BCUT2D eigenvalue weighted by atomic mass is 10.2. The van der Waals surface area contributed by atoms with Crippen LogP contribution in [0, 0.1) is 11.7 Å². The van der Waals surface area contributed by atoms with Crippen LogP contribution in [0.15, 0.2) is 23.1 Å². The number of amides is 1. The molecule has 3 N–H and O–H groups in total. The molecule has 1 atom stereocenters. The summed E-state index contributed by atoms with van der Waals surface area (Å²) < 4.78 is 39.1. The van der Waals surface area contributed by atoms with E-state index in [1.165, 1.54) is 20.2 Å². The number of halogens is 1. The minimum Gasteiger partial charge on any atom is -0.399 e. The molecule has 0 heterocycles. The molecule has 1 unspecified atom stereocenters. The summed E-state index contributed by atoms with van der Waals surface area (Å²) in [5.74, 6) is -1.72. The van der Waals surface area contributed by atoms with Crippen LogP contribution in [0.25, 0.3) is 0 Å². The molecule has 1 rings (SSSR count).